The molecule has 1 rings (SSSR count). The summed E-state index contributed by atoms with van der Waals surface area (Å²) in [4.78, 5) is 0. The number of methoxy groups -OCH3 is 1. The molecule has 0 amide bonds. The van der Waals surface area contributed by atoms with Gasteiger partial charge in [-0.3, -0.25) is 0 Å². The molecule has 0 spiro atoms. The van der Waals surface area contributed by atoms with Crippen LogP contribution in [0.2, 0.25) is 0 Å². The summed E-state index contributed by atoms with van der Waals surface area (Å²) in [5.41, 5.74) is 1.17. The van der Waals surface area contributed by atoms with E-state index in [2.05, 4.69) is 12.2 Å². The average molecular weight is 169 g/mol. The Morgan fingerprint density at radius 1 is 1.67 bits per heavy atom. The smallest absolute Gasteiger partial charge is 0.0950 e. The van der Waals surface area contributed by atoms with Crippen LogP contribution < -0.4 is 5.32 Å². The summed E-state index contributed by atoms with van der Waals surface area (Å²) in [7, 11) is 1.70. The van der Waals surface area contributed by atoms with E-state index in [1.807, 2.05) is 6.07 Å². The van der Waals surface area contributed by atoms with E-state index in [1.165, 1.54) is 5.56 Å². The summed E-state index contributed by atoms with van der Waals surface area (Å²) in [6.45, 7) is 3.70. The number of hydrogen-bond donors (Lipinski definition) is 1. The van der Waals surface area contributed by atoms with Crippen LogP contribution in [-0.4, -0.2) is 20.3 Å². The van der Waals surface area contributed by atoms with Gasteiger partial charge < -0.3 is 14.5 Å². The fourth-order valence-electron chi connectivity index (χ4n) is 1.02. The van der Waals surface area contributed by atoms with E-state index >= 15 is 0 Å². The van der Waals surface area contributed by atoms with Gasteiger partial charge in [0, 0.05) is 25.3 Å². The monoisotopic (exact) mass is 169 g/mol. The van der Waals surface area contributed by atoms with Crippen LogP contribution in [0.5, 0.6) is 0 Å². The van der Waals surface area contributed by atoms with Crippen molar-refractivity contribution in [1.29, 1.82) is 0 Å². The van der Waals surface area contributed by atoms with E-state index in [4.69, 9.17) is 9.15 Å². The molecule has 1 aromatic heterocycles. The zero-order chi connectivity index (χ0) is 8.81. The fraction of sp³-hybridized carbons (Fsp3) is 0.556. The molecule has 0 aliphatic rings. The molecular formula is C9H15NO2. The molecule has 3 heteroatoms. The number of nitrogens with one attached hydrogen (secondary N) is 1. The average Bonchev–Trinajstić information content (AvgIpc) is 2.56. The quantitative estimate of drug-likeness (QED) is 0.679. The van der Waals surface area contributed by atoms with Crippen LogP contribution in [-0.2, 0) is 4.74 Å². The Hall–Kier alpha value is -0.800. The van der Waals surface area contributed by atoms with Crippen molar-refractivity contribution in [2.24, 2.45) is 0 Å². The van der Waals surface area contributed by atoms with Crippen LogP contribution in [0.1, 0.15) is 18.5 Å². The highest BCUT2D eigenvalue weighted by atomic mass is 16.5. The molecule has 68 valence electrons. The van der Waals surface area contributed by atoms with Crippen molar-refractivity contribution < 1.29 is 9.15 Å². The lowest BCUT2D eigenvalue weighted by atomic mass is 10.2. The first-order chi connectivity index (χ1) is 5.84. The Labute approximate surface area is 72.7 Å². The zero-order valence-electron chi connectivity index (χ0n) is 7.54. The van der Waals surface area contributed by atoms with E-state index in [-0.39, 0.29) is 0 Å². The van der Waals surface area contributed by atoms with E-state index in [9.17, 15) is 0 Å². The molecule has 12 heavy (non-hydrogen) atoms. The van der Waals surface area contributed by atoms with Crippen molar-refractivity contribution in [2.75, 3.05) is 20.3 Å². The largest absolute Gasteiger partial charge is 0.472 e. The van der Waals surface area contributed by atoms with Crippen molar-refractivity contribution in [3.05, 3.63) is 24.2 Å². The van der Waals surface area contributed by atoms with Gasteiger partial charge >= 0.3 is 0 Å². The molecule has 3 nitrogen and oxygen atoms in total. The molecular weight excluding hydrogens is 154 g/mol. The molecule has 1 aromatic rings. The van der Waals surface area contributed by atoms with Crippen LogP contribution in [0.3, 0.4) is 0 Å². The Kier molecular flexibility index (Phi) is 3.84. The van der Waals surface area contributed by atoms with Gasteiger partial charge in [0.2, 0.25) is 0 Å². The van der Waals surface area contributed by atoms with Crippen molar-refractivity contribution in [1.82, 2.24) is 5.32 Å². The minimum Gasteiger partial charge on any atom is -0.472 e. The highest BCUT2D eigenvalue weighted by Crippen LogP contribution is 2.11. The van der Waals surface area contributed by atoms with E-state index in [1.54, 1.807) is 19.6 Å². The molecule has 1 unspecified atom stereocenters. The van der Waals surface area contributed by atoms with Crippen molar-refractivity contribution >= 4 is 0 Å². The van der Waals surface area contributed by atoms with Crippen molar-refractivity contribution in [3.63, 3.8) is 0 Å². The number of furan rings is 1. The lowest BCUT2D eigenvalue weighted by Gasteiger charge is -2.10. The van der Waals surface area contributed by atoms with Crippen LogP contribution in [0.4, 0.5) is 0 Å². The van der Waals surface area contributed by atoms with Crippen LogP contribution in [0.15, 0.2) is 23.0 Å². The second-order valence-electron chi connectivity index (χ2n) is 2.73. The summed E-state index contributed by atoms with van der Waals surface area (Å²) in [5, 5.41) is 3.30. The molecule has 0 saturated carbocycles. The Bertz CT molecular complexity index is 196. The van der Waals surface area contributed by atoms with Gasteiger partial charge in [-0.15, -0.1) is 0 Å². The third-order valence-corrected chi connectivity index (χ3v) is 1.80. The third-order valence-electron chi connectivity index (χ3n) is 1.80. The van der Waals surface area contributed by atoms with Gasteiger partial charge in [-0.25, -0.2) is 0 Å². The molecule has 0 bridgehead atoms. The predicted octanol–water partition coefficient (Wildman–Crippen LogP) is 1.58. The number of ether oxygens (including phenoxy) is 1. The van der Waals surface area contributed by atoms with Gasteiger partial charge in [0.05, 0.1) is 19.1 Å². The SMILES string of the molecule is COCCNC(C)c1ccoc1. The van der Waals surface area contributed by atoms with Crippen molar-refractivity contribution in [3.8, 4) is 0 Å². The number of hydrogen-bond acceptors (Lipinski definition) is 3. The first-order valence-electron chi connectivity index (χ1n) is 4.09. The molecule has 1 atom stereocenters. The van der Waals surface area contributed by atoms with Crippen LogP contribution >= 0.6 is 0 Å². The molecule has 0 saturated heterocycles. The van der Waals surface area contributed by atoms with Crippen LogP contribution in [0, 0.1) is 0 Å². The van der Waals surface area contributed by atoms with Crippen LogP contribution in [0.25, 0.3) is 0 Å². The van der Waals surface area contributed by atoms with E-state index in [0.717, 1.165) is 13.2 Å². The summed E-state index contributed by atoms with van der Waals surface area (Å²) in [5.74, 6) is 0. The van der Waals surface area contributed by atoms with Gasteiger partial charge in [-0.2, -0.15) is 0 Å². The van der Waals surface area contributed by atoms with E-state index in [0.29, 0.717) is 6.04 Å². The topological polar surface area (TPSA) is 34.4 Å². The second-order valence-corrected chi connectivity index (χ2v) is 2.73. The summed E-state index contributed by atoms with van der Waals surface area (Å²) in [6, 6.07) is 2.30. The molecule has 1 heterocycles. The predicted molar refractivity (Wildman–Crippen MR) is 47.0 cm³/mol. The first-order valence-corrected chi connectivity index (χ1v) is 4.09. The van der Waals surface area contributed by atoms with Crippen molar-refractivity contribution in [2.45, 2.75) is 13.0 Å². The third kappa shape index (κ3) is 2.68. The highest BCUT2D eigenvalue weighted by molar-refractivity contribution is 5.09. The number of rotatable bonds is 5. The van der Waals surface area contributed by atoms with Gasteiger partial charge in [0.15, 0.2) is 0 Å². The zero-order valence-corrected chi connectivity index (χ0v) is 7.54. The summed E-state index contributed by atoms with van der Waals surface area (Å²) >= 11 is 0. The van der Waals surface area contributed by atoms with Gasteiger partial charge in [-0.1, -0.05) is 0 Å². The Morgan fingerprint density at radius 2 is 2.50 bits per heavy atom. The first kappa shape index (κ1) is 9.29. The maximum Gasteiger partial charge on any atom is 0.0950 e. The van der Waals surface area contributed by atoms with E-state index < -0.39 is 0 Å². The fourth-order valence-corrected chi connectivity index (χ4v) is 1.02. The lowest BCUT2D eigenvalue weighted by Crippen LogP contribution is -2.22. The lowest BCUT2D eigenvalue weighted by molar-refractivity contribution is 0.196. The second kappa shape index (κ2) is 4.95. The molecule has 0 aliphatic carbocycles. The molecule has 0 radical (unpaired) electrons. The normalized spacial score (nSPS) is 13.2. The maximum atomic E-state index is 4.97. The Balaban J connectivity index is 2.25. The van der Waals surface area contributed by atoms with Gasteiger partial charge in [0.1, 0.15) is 0 Å². The Morgan fingerprint density at radius 3 is 3.08 bits per heavy atom. The minimum absolute atomic E-state index is 0.332. The van der Waals surface area contributed by atoms with Gasteiger partial charge in [0.25, 0.3) is 0 Å². The minimum atomic E-state index is 0.332. The molecule has 0 aliphatic heterocycles. The van der Waals surface area contributed by atoms with Gasteiger partial charge in [-0.05, 0) is 13.0 Å². The summed E-state index contributed by atoms with van der Waals surface area (Å²) < 4.78 is 9.89. The molecule has 1 N–H and O–H groups in total. The highest BCUT2D eigenvalue weighted by Gasteiger charge is 2.03. The summed E-state index contributed by atoms with van der Waals surface area (Å²) in [6.07, 6.45) is 3.44. The standard InChI is InChI=1S/C9H15NO2/c1-8(10-4-6-11-2)9-3-5-12-7-9/h3,5,7-8,10H,4,6H2,1-2H3. The molecule has 0 fully saturated rings. The molecule has 0 aromatic carbocycles. The maximum absolute atomic E-state index is 4.97.